The van der Waals surface area contributed by atoms with Crippen LogP contribution >= 0.6 is 0 Å². The number of hydrogen-bond donors (Lipinski definition) is 1. The maximum atomic E-state index is 12.9. The van der Waals surface area contributed by atoms with Gasteiger partial charge in [0.05, 0.1) is 7.11 Å². The summed E-state index contributed by atoms with van der Waals surface area (Å²) in [5.41, 5.74) is 2.09. The molecule has 2 atom stereocenters. The van der Waals surface area contributed by atoms with Gasteiger partial charge in [-0.3, -0.25) is 9.59 Å². The number of esters is 2. The number of ether oxygens (including phenoxy) is 2. The van der Waals surface area contributed by atoms with Crippen molar-refractivity contribution in [3.05, 3.63) is 22.5 Å². The van der Waals surface area contributed by atoms with E-state index in [0.29, 0.717) is 23.2 Å². The van der Waals surface area contributed by atoms with Gasteiger partial charge in [0.2, 0.25) is 0 Å². The molecular formula is C21H29NO5. The minimum Gasteiger partial charge on any atom is -0.468 e. The first-order valence-corrected chi connectivity index (χ1v) is 9.98. The van der Waals surface area contributed by atoms with Crippen LogP contribution in [0.15, 0.2) is 0 Å². The van der Waals surface area contributed by atoms with Gasteiger partial charge in [0.25, 0.3) is 0 Å². The number of carbonyl (C=O) groups excluding carboxylic acids is 3. The van der Waals surface area contributed by atoms with Gasteiger partial charge in [-0.25, -0.2) is 4.79 Å². The second-order valence-corrected chi connectivity index (χ2v) is 7.90. The molecule has 1 heterocycles. The highest BCUT2D eigenvalue weighted by atomic mass is 16.5. The van der Waals surface area contributed by atoms with E-state index in [2.05, 4.69) is 4.98 Å². The van der Waals surface area contributed by atoms with Crippen molar-refractivity contribution in [2.45, 2.75) is 71.3 Å². The van der Waals surface area contributed by atoms with Crippen molar-refractivity contribution in [1.29, 1.82) is 0 Å². The number of aromatic amines is 1. The van der Waals surface area contributed by atoms with Crippen molar-refractivity contribution < 1.29 is 23.9 Å². The molecule has 1 N–H and O–H groups in total. The van der Waals surface area contributed by atoms with Crippen LogP contribution in [0.3, 0.4) is 0 Å². The zero-order valence-electron chi connectivity index (χ0n) is 16.4. The molecule has 0 aromatic carbocycles. The van der Waals surface area contributed by atoms with Gasteiger partial charge in [0.1, 0.15) is 17.7 Å². The van der Waals surface area contributed by atoms with Crippen LogP contribution < -0.4 is 0 Å². The van der Waals surface area contributed by atoms with E-state index in [0.717, 1.165) is 31.4 Å². The molecule has 0 spiro atoms. The van der Waals surface area contributed by atoms with Crippen molar-refractivity contribution in [2.75, 3.05) is 7.11 Å². The lowest BCUT2D eigenvalue weighted by Gasteiger charge is -2.25. The van der Waals surface area contributed by atoms with Gasteiger partial charge in [-0.05, 0) is 50.5 Å². The van der Waals surface area contributed by atoms with Crippen LogP contribution in [0.2, 0.25) is 0 Å². The Kier molecular flexibility index (Phi) is 6.02. The number of hydrogen-bond acceptors (Lipinski definition) is 5. The summed E-state index contributed by atoms with van der Waals surface area (Å²) in [4.78, 5) is 40.8. The molecule has 1 fully saturated rings. The molecule has 2 aliphatic rings. The van der Waals surface area contributed by atoms with Gasteiger partial charge in [-0.15, -0.1) is 0 Å². The first-order valence-electron chi connectivity index (χ1n) is 9.98. The molecule has 1 aromatic heterocycles. The lowest BCUT2D eigenvalue weighted by Crippen LogP contribution is -2.36. The molecule has 27 heavy (non-hydrogen) atoms. The van der Waals surface area contributed by atoms with Crippen molar-refractivity contribution in [3.8, 4) is 0 Å². The monoisotopic (exact) mass is 375 g/mol. The molecule has 0 saturated heterocycles. The van der Waals surface area contributed by atoms with E-state index in [1.807, 2.05) is 6.92 Å². The van der Waals surface area contributed by atoms with E-state index in [4.69, 9.17) is 9.47 Å². The number of fused-ring (bicyclic) bond motifs is 1. The average Bonchev–Trinajstić information content (AvgIpc) is 2.93. The van der Waals surface area contributed by atoms with Gasteiger partial charge in [0.15, 0.2) is 5.78 Å². The number of rotatable bonds is 3. The number of aromatic nitrogens is 1. The molecule has 3 rings (SSSR count). The van der Waals surface area contributed by atoms with E-state index in [1.165, 1.54) is 26.4 Å². The largest absolute Gasteiger partial charge is 0.468 e. The Morgan fingerprint density at radius 2 is 1.70 bits per heavy atom. The van der Waals surface area contributed by atoms with E-state index in [9.17, 15) is 14.4 Å². The van der Waals surface area contributed by atoms with Gasteiger partial charge < -0.3 is 14.5 Å². The number of Topliss-reactive ketones (excluding diaryl/α,β-unsaturated/α-hetero) is 1. The lowest BCUT2D eigenvalue weighted by atomic mass is 9.77. The Morgan fingerprint density at radius 3 is 2.33 bits per heavy atom. The molecule has 1 saturated carbocycles. The number of ketones is 1. The minimum atomic E-state index is -0.813. The minimum absolute atomic E-state index is 0.0602. The summed E-state index contributed by atoms with van der Waals surface area (Å²) in [6, 6.07) is 0. The van der Waals surface area contributed by atoms with E-state index >= 15 is 0 Å². The second-order valence-electron chi connectivity index (χ2n) is 7.90. The predicted octanol–water partition coefficient (Wildman–Crippen LogP) is 3.76. The Balaban J connectivity index is 1.81. The standard InChI is InChI=1S/C21H29NO5/c1-12-11-15-17(19(23)16(12)20(24)26-3)13(2)18(22-15)21(25)27-14-9-7-5-4-6-8-10-14/h12,14,16,22H,4-11H2,1-3H3. The van der Waals surface area contributed by atoms with Gasteiger partial charge in [-0.1, -0.05) is 26.2 Å². The Hall–Kier alpha value is -2.11. The van der Waals surface area contributed by atoms with Crippen LogP contribution in [0.5, 0.6) is 0 Å². The summed E-state index contributed by atoms with van der Waals surface area (Å²) in [5.74, 6) is -2.18. The molecule has 0 amide bonds. The maximum absolute atomic E-state index is 12.9. The second kappa shape index (κ2) is 8.28. The summed E-state index contributed by atoms with van der Waals surface area (Å²) in [6.45, 7) is 3.59. The molecule has 1 aromatic rings. The highest BCUT2D eigenvalue weighted by Gasteiger charge is 2.42. The molecule has 2 unspecified atom stereocenters. The van der Waals surface area contributed by atoms with Crippen molar-refractivity contribution >= 4 is 17.7 Å². The highest BCUT2D eigenvalue weighted by Crippen LogP contribution is 2.34. The van der Waals surface area contributed by atoms with Crippen molar-refractivity contribution in [1.82, 2.24) is 4.98 Å². The zero-order chi connectivity index (χ0) is 19.6. The Labute approximate surface area is 160 Å². The molecule has 0 radical (unpaired) electrons. The van der Waals surface area contributed by atoms with Gasteiger partial charge in [0, 0.05) is 11.3 Å². The third kappa shape index (κ3) is 3.94. The van der Waals surface area contributed by atoms with E-state index in [1.54, 1.807) is 6.92 Å². The molecule has 148 valence electrons. The molecule has 6 heteroatoms. The first-order chi connectivity index (χ1) is 12.9. The number of methoxy groups -OCH3 is 1. The van der Waals surface area contributed by atoms with E-state index < -0.39 is 17.9 Å². The van der Waals surface area contributed by atoms with Crippen molar-refractivity contribution in [2.24, 2.45) is 11.8 Å². The third-order valence-corrected chi connectivity index (χ3v) is 5.94. The quantitative estimate of drug-likeness (QED) is 0.642. The molecular weight excluding hydrogens is 346 g/mol. The van der Waals surface area contributed by atoms with Crippen LogP contribution in [-0.4, -0.2) is 35.9 Å². The molecule has 2 aliphatic carbocycles. The SMILES string of the molecule is COC(=O)C1C(=O)c2c([nH]c(C(=O)OC3CCCCCCC3)c2C)CC1C. The normalized spacial score (nSPS) is 23.9. The predicted molar refractivity (Wildman–Crippen MR) is 99.8 cm³/mol. The van der Waals surface area contributed by atoms with E-state index in [-0.39, 0.29) is 17.8 Å². The lowest BCUT2D eigenvalue weighted by molar-refractivity contribution is -0.145. The Morgan fingerprint density at radius 1 is 1.07 bits per heavy atom. The number of H-pyrrole nitrogens is 1. The van der Waals surface area contributed by atoms with Crippen LogP contribution in [-0.2, 0) is 20.7 Å². The topological polar surface area (TPSA) is 85.5 Å². The van der Waals surface area contributed by atoms with Crippen LogP contribution in [0.25, 0.3) is 0 Å². The number of carbonyl (C=O) groups is 3. The van der Waals surface area contributed by atoms with Gasteiger partial charge in [-0.2, -0.15) is 0 Å². The summed E-state index contributed by atoms with van der Waals surface area (Å²) >= 11 is 0. The van der Waals surface area contributed by atoms with Crippen LogP contribution in [0, 0.1) is 18.8 Å². The zero-order valence-corrected chi connectivity index (χ0v) is 16.4. The molecule has 6 nitrogen and oxygen atoms in total. The van der Waals surface area contributed by atoms with Crippen LogP contribution in [0.1, 0.15) is 84.0 Å². The molecule has 0 aliphatic heterocycles. The number of nitrogens with one attached hydrogen (secondary N) is 1. The van der Waals surface area contributed by atoms with Crippen molar-refractivity contribution in [3.63, 3.8) is 0 Å². The van der Waals surface area contributed by atoms with Gasteiger partial charge >= 0.3 is 11.9 Å². The fourth-order valence-electron chi connectivity index (χ4n) is 4.42. The smallest absolute Gasteiger partial charge is 0.355 e. The summed E-state index contributed by atoms with van der Waals surface area (Å²) in [5, 5.41) is 0. The van der Waals surface area contributed by atoms with Crippen LogP contribution in [0.4, 0.5) is 0 Å². The summed E-state index contributed by atoms with van der Waals surface area (Å²) < 4.78 is 10.6. The fraction of sp³-hybridized carbons (Fsp3) is 0.667. The maximum Gasteiger partial charge on any atom is 0.355 e. The molecule has 0 bridgehead atoms. The first kappa shape index (κ1) is 19.6. The highest BCUT2D eigenvalue weighted by molar-refractivity contribution is 6.12. The summed E-state index contributed by atoms with van der Waals surface area (Å²) in [7, 11) is 1.29. The average molecular weight is 375 g/mol. The third-order valence-electron chi connectivity index (χ3n) is 5.94. The Bertz CT molecular complexity index is 727. The summed E-state index contributed by atoms with van der Waals surface area (Å²) in [6.07, 6.45) is 8.04. The fourth-order valence-corrected chi connectivity index (χ4v) is 4.42.